The standard InChI is InChI=1S/C12H16ClN5O2/c1-19-10-7-8(6-9(13)11(10)20-2)12-15-16-17-18(12)5-3-4-14/h6-7H,3-5,14H2,1-2H3. The van der Waals surface area contributed by atoms with Crippen LogP contribution in [0.15, 0.2) is 12.1 Å². The van der Waals surface area contributed by atoms with Gasteiger partial charge in [0.25, 0.3) is 0 Å². The predicted octanol–water partition coefficient (Wildman–Crippen LogP) is 1.36. The van der Waals surface area contributed by atoms with E-state index in [0.717, 1.165) is 12.0 Å². The second-order valence-electron chi connectivity index (χ2n) is 4.06. The van der Waals surface area contributed by atoms with Gasteiger partial charge in [0.2, 0.25) is 0 Å². The first-order chi connectivity index (χ1) is 9.71. The van der Waals surface area contributed by atoms with Gasteiger partial charge in [0.15, 0.2) is 17.3 Å². The van der Waals surface area contributed by atoms with Crippen LogP contribution >= 0.6 is 11.6 Å². The first-order valence-corrected chi connectivity index (χ1v) is 6.47. The van der Waals surface area contributed by atoms with E-state index in [-0.39, 0.29) is 0 Å². The smallest absolute Gasteiger partial charge is 0.182 e. The Labute approximate surface area is 121 Å². The Bertz CT molecular complexity index is 587. The van der Waals surface area contributed by atoms with Gasteiger partial charge in [-0.25, -0.2) is 4.68 Å². The van der Waals surface area contributed by atoms with Crippen molar-refractivity contribution in [3.05, 3.63) is 17.2 Å². The molecule has 0 aliphatic rings. The summed E-state index contributed by atoms with van der Waals surface area (Å²) in [4.78, 5) is 0. The van der Waals surface area contributed by atoms with Gasteiger partial charge in [-0.05, 0) is 35.5 Å². The molecule has 0 aliphatic heterocycles. The molecule has 0 spiro atoms. The third-order valence-electron chi connectivity index (χ3n) is 2.80. The summed E-state index contributed by atoms with van der Waals surface area (Å²) in [5.41, 5.74) is 6.26. The lowest BCUT2D eigenvalue weighted by atomic mass is 10.2. The molecule has 0 bridgehead atoms. The Morgan fingerprint density at radius 1 is 1.30 bits per heavy atom. The zero-order valence-electron chi connectivity index (χ0n) is 11.3. The van der Waals surface area contributed by atoms with Crippen molar-refractivity contribution in [1.29, 1.82) is 0 Å². The highest BCUT2D eigenvalue weighted by Crippen LogP contribution is 2.38. The molecule has 1 heterocycles. The molecule has 0 atom stereocenters. The number of hydrogen-bond acceptors (Lipinski definition) is 6. The van der Waals surface area contributed by atoms with Crippen molar-refractivity contribution in [1.82, 2.24) is 20.2 Å². The van der Waals surface area contributed by atoms with E-state index >= 15 is 0 Å². The minimum atomic E-state index is 0.440. The summed E-state index contributed by atoms with van der Waals surface area (Å²) in [7, 11) is 3.09. The second-order valence-corrected chi connectivity index (χ2v) is 4.47. The molecule has 0 radical (unpaired) electrons. The quantitative estimate of drug-likeness (QED) is 0.866. The number of nitrogens with zero attached hydrogens (tertiary/aromatic N) is 4. The molecule has 2 rings (SSSR count). The van der Waals surface area contributed by atoms with Crippen LogP contribution in [-0.2, 0) is 6.54 Å². The maximum absolute atomic E-state index is 6.18. The normalized spacial score (nSPS) is 10.6. The van der Waals surface area contributed by atoms with Gasteiger partial charge in [0, 0.05) is 12.1 Å². The van der Waals surface area contributed by atoms with Crippen LogP contribution < -0.4 is 15.2 Å². The fourth-order valence-electron chi connectivity index (χ4n) is 1.85. The molecule has 2 aromatic rings. The third kappa shape index (κ3) is 2.83. The van der Waals surface area contributed by atoms with Crippen molar-refractivity contribution in [3.8, 4) is 22.9 Å². The maximum Gasteiger partial charge on any atom is 0.182 e. The molecule has 0 fully saturated rings. The number of aromatic nitrogens is 4. The highest BCUT2D eigenvalue weighted by molar-refractivity contribution is 6.32. The molecule has 0 saturated heterocycles. The molecule has 2 N–H and O–H groups in total. The van der Waals surface area contributed by atoms with Gasteiger partial charge in [-0.15, -0.1) is 5.10 Å². The van der Waals surface area contributed by atoms with Gasteiger partial charge in [-0.2, -0.15) is 0 Å². The van der Waals surface area contributed by atoms with E-state index in [4.69, 9.17) is 26.8 Å². The fourth-order valence-corrected chi connectivity index (χ4v) is 2.14. The Balaban J connectivity index is 2.43. The van der Waals surface area contributed by atoms with Crippen molar-refractivity contribution in [2.24, 2.45) is 5.73 Å². The number of benzene rings is 1. The number of aryl methyl sites for hydroxylation is 1. The van der Waals surface area contributed by atoms with Crippen LogP contribution in [0.1, 0.15) is 6.42 Å². The van der Waals surface area contributed by atoms with Crippen LogP contribution in [0, 0.1) is 0 Å². The minimum absolute atomic E-state index is 0.440. The summed E-state index contributed by atoms with van der Waals surface area (Å²) in [6.45, 7) is 1.22. The van der Waals surface area contributed by atoms with Gasteiger partial charge in [-0.1, -0.05) is 11.6 Å². The van der Waals surface area contributed by atoms with Crippen LogP contribution in [0.25, 0.3) is 11.4 Å². The summed E-state index contributed by atoms with van der Waals surface area (Å²) in [5, 5.41) is 12.1. The highest BCUT2D eigenvalue weighted by Gasteiger charge is 2.15. The molecule has 1 aromatic heterocycles. The average molecular weight is 298 g/mol. The van der Waals surface area contributed by atoms with Gasteiger partial charge in [0.05, 0.1) is 19.2 Å². The van der Waals surface area contributed by atoms with Crippen LogP contribution in [0.4, 0.5) is 0 Å². The number of methoxy groups -OCH3 is 2. The van der Waals surface area contributed by atoms with E-state index in [0.29, 0.717) is 35.4 Å². The molecule has 108 valence electrons. The molecular weight excluding hydrogens is 282 g/mol. The van der Waals surface area contributed by atoms with E-state index in [1.165, 1.54) is 7.11 Å². The van der Waals surface area contributed by atoms with Gasteiger partial charge < -0.3 is 15.2 Å². The van der Waals surface area contributed by atoms with E-state index in [1.54, 1.807) is 23.9 Å². The first-order valence-electron chi connectivity index (χ1n) is 6.09. The van der Waals surface area contributed by atoms with Crippen LogP contribution in [0.5, 0.6) is 11.5 Å². The SMILES string of the molecule is COc1cc(-c2nnnn2CCCN)cc(Cl)c1OC. The largest absolute Gasteiger partial charge is 0.493 e. The molecule has 0 amide bonds. The van der Waals surface area contributed by atoms with Gasteiger partial charge >= 0.3 is 0 Å². The van der Waals surface area contributed by atoms with Crippen LogP contribution in [-0.4, -0.2) is 41.0 Å². The van der Waals surface area contributed by atoms with E-state index in [9.17, 15) is 0 Å². The fraction of sp³-hybridized carbons (Fsp3) is 0.417. The summed E-state index contributed by atoms with van der Waals surface area (Å²) >= 11 is 6.18. The molecule has 0 aliphatic carbocycles. The topological polar surface area (TPSA) is 88.1 Å². The maximum atomic E-state index is 6.18. The summed E-state index contributed by atoms with van der Waals surface area (Å²) in [6, 6.07) is 3.53. The van der Waals surface area contributed by atoms with Crippen molar-refractivity contribution < 1.29 is 9.47 Å². The Morgan fingerprint density at radius 2 is 2.10 bits per heavy atom. The molecular formula is C12H16ClN5O2. The number of ether oxygens (including phenoxy) is 2. The zero-order chi connectivity index (χ0) is 14.5. The lowest BCUT2D eigenvalue weighted by Crippen LogP contribution is -2.08. The Hall–Kier alpha value is -1.86. The first kappa shape index (κ1) is 14.5. The van der Waals surface area contributed by atoms with Crippen molar-refractivity contribution in [2.75, 3.05) is 20.8 Å². The minimum Gasteiger partial charge on any atom is -0.493 e. The second kappa shape index (κ2) is 6.53. The molecule has 0 unspecified atom stereocenters. The van der Waals surface area contributed by atoms with E-state index < -0.39 is 0 Å². The molecule has 7 nitrogen and oxygen atoms in total. The van der Waals surface area contributed by atoms with Crippen LogP contribution in [0.3, 0.4) is 0 Å². The zero-order valence-corrected chi connectivity index (χ0v) is 12.1. The number of nitrogens with two attached hydrogens (primary N) is 1. The van der Waals surface area contributed by atoms with Gasteiger partial charge in [0.1, 0.15) is 0 Å². The number of rotatable bonds is 6. The predicted molar refractivity (Wildman–Crippen MR) is 75.0 cm³/mol. The Morgan fingerprint density at radius 3 is 2.75 bits per heavy atom. The molecule has 1 aromatic carbocycles. The number of hydrogen-bond donors (Lipinski definition) is 1. The lowest BCUT2D eigenvalue weighted by molar-refractivity contribution is 0.355. The summed E-state index contributed by atoms with van der Waals surface area (Å²) in [6.07, 6.45) is 0.791. The molecule has 8 heteroatoms. The monoisotopic (exact) mass is 297 g/mol. The Kier molecular flexibility index (Phi) is 4.75. The number of tetrazole rings is 1. The molecule has 0 saturated carbocycles. The number of halogens is 1. The lowest BCUT2D eigenvalue weighted by Gasteiger charge is -2.11. The van der Waals surface area contributed by atoms with E-state index in [1.807, 2.05) is 0 Å². The summed E-state index contributed by atoms with van der Waals surface area (Å²) < 4.78 is 12.2. The van der Waals surface area contributed by atoms with Gasteiger partial charge in [-0.3, -0.25) is 0 Å². The molecule has 20 heavy (non-hydrogen) atoms. The van der Waals surface area contributed by atoms with Crippen molar-refractivity contribution >= 4 is 11.6 Å². The third-order valence-corrected chi connectivity index (χ3v) is 3.08. The average Bonchev–Trinajstić information content (AvgIpc) is 2.92. The van der Waals surface area contributed by atoms with Crippen molar-refractivity contribution in [2.45, 2.75) is 13.0 Å². The van der Waals surface area contributed by atoms with Crippen LogP contribution in [0.2, 0.25) is 5.02 Å². The highest BCUT2D eigenvalue weighted by atomic mass is 35.5. The summed E-state index contributed by atoms with van der Waals surface area (Å²) in [5.74, 6) is 1.63. The van der Waals surface area contributed by atoms with Crippen molar-refractivity contribution in [3.63, 3.8) is 0 Å². The van der Waals surface area contributed by atoms with E-state index in [2.05, 4.69) is 15.5 Å².